The van der Waals surface area contributed by atoms with Crippen LogP contribution in [-0.2, 0) is 14.8 Å². The van der Waals surface area contributed by atoms with Crippen LogP contribution in [0.3, 0.4) is 0 Å². The first-order chi connectivity index (χ1) is 8.92. The van der Waals surface area contributed by atoms with Gasteiger partial charge in [0.15, 0.2) is 0 Å². The van der Waals surface area contributed by atoms with Crippen LogP contribution in [0.5, 0.6) is 0 Å². The number of sulfonamides is 1. The maximum atomic E-state index is 12.1. The monoisotopic (exact) mass is 286 g/mol. The van der Waals surface area contributed by atoms with Crippen LogP contribution in [0, 0.1) is 0 Å². The summed E-state index contributed by atoms with van der Waals surface area (Å²) in [6.07, 6.45) is 0. The van der Waals surface area contributed by atoms with E-state index in [2.05, 4.69) is 15.5 Å². The molecule has 0 aliphatic rings. The van der Waals surface area contributed by atoms with E-state index < -0.39 is 16.1 Å². The molecule has 0 aromatic heterocycles. The molecule has 8 heteroatoms. The molecule has 0 heterocycles. The summed E-state index contributed by atoms with van der Waals surface area (Å²) in [6, 6.07) is 5.30. The third-order valence-corrected chi connectivity index (χ3v) is 4.01. The molecule has 1 atom stereocenters. The van der Waals surface area contributed by atoms with Crippen molar-refractivity contribution in [2.24, 2.45) is 5.84 Å². The molecule has 0 fully saturated rings. The molecule has 0 radical (unpaired) electrons. The average molecular weight is 286 g/mol. The Morgan fingerprint density at radius 2 is 2.00 bits per heavy atom. The SMILES string of the molecule is CCNC(=O)C(C)NS(=O)(=O)c1ccccc1NN. The second kappa shape index (κ2) is 6.50. The summed E-state index contributed by atoms with van der Waals surface area (Å²) < 4.78 is 26.6. The summed E-state index contributed by atoms with van der Waals surface area (Å²) in [7, 11) is -3.82. The molecule has 0 saturated carbocycles. The molecule has 7 nitrogen and oxygen atoms in total. The molecule has 5 N–H and O–H groups in total. The van der Waals surface area contributed by atoms with Crippen molar-refractivity contribution in [1.82, 2.24) is 10.0 Å². The van der Waals surface area contributed by atoms with E-state index in [1.165, 1.54) is 19.1 Å². The summed E-state index contributed by atoms with van der Waals surface area (Å²) in [5.74, 6) is 4.88. The number of benzene rings is 1. The van der Waals surface area contributed by atoms with Crippen molar-refractivity contribution >= 4 is 21.6 Å². The molecular weight excluding hydrogens is 268 g/mol. The van der Waals surface area contributed by atoms with Gasteiger partial charge in [-0.15, -0.1) is 0 Å². The van der Waals surface area contributed by atoms with Crippen molar-refractivity contribution in [1.29, 1.82) is 0 Å². The zero-order chi connectivity index (χ0) is 14.5. The first-order valence-corrected chi connectivity index (χ1v) is 7.26. The Balaban J connectivity index is 2.96. The number of nitrogens with one attached hydrogen (secondary N) is 3. The van der Waals surface area contributed by atoms with Gasteiger partial charge in [-0.2, -0.15) is 4.72 Å². The summed E-state index contributed by atoms with van der Waals surface area (Å²) >= 11 is 0. The van der Waals surface area contributed by atoms with Gasteiger partial charge in [-0.1, -0.05) is 12.1 Å². The fourth-order valence-corrected chi connectivity index (χ4v) is 2.87. The van der Waals surface area contributed by atoms with Gasteiger partial charge in [-0.25, -0.2) is 8.42 Å². The normalized spacial score (nSPS) is 12.8. The highest BCUT2D eigenvalue weighted by Gasteiger charge is 2.23. The minimum Gasteiger partial charge on any atom is -0.355 e. The number of anilines is 1. The van der Waals surface area contributed by atoms with Crippen LogP contribution >= 0.6 is 0 Å². The minimum atomic E-state index is -3.82. The number of carbonyl (C=O) groups excluding carboxylic acids is 1. The molecule has 19 heavy (non-hydrogen) atoms. The van der Waals surface area contributed by atoms with Crippen molar-refractivity contribution in [3.8, 4) is 0 Å². The van der Waals surface area contributed by atoms with Crippen molar-refractivity contribution < 1.29 is 13.2 Å². The third kappa shape index (κ3) is 3.91. The Bertz CT molecular complexity index is 545. The lowest BCUT2D eigenvalue weighted by molar-refractivity contribution is -0.122. The Kier molecular flexibility index (Phi) is 5.28. The molecule has 0 aliphatic heterocycles. The maximum absolute atomic E-state index is 12.1. The van der Waals surface area contributed by atoms with E-state index in [9.17, 15) is 13.2 Å². The van der Waals surface area contributed by atoms with Crippen LogP contribution in [-0.4, -0.2) is 26.9 Å². The Morgan fingerprint density at radius 1 is 1.37 bits per heavy atom. The van der Waals surface area contributed by atoms with Gasteiger partial charge in [-0.05, 0) is 26.0 Å². The number of rotatable bonds is 6. The fourth-order valence-electron chi connectivity index (χ4n) is 1.50. The third-order valence-electron chi connectivity index (χ3n) is 2.41. The number of hydrogen-bond acceptors (Lipinski definition) is 5. The van der Waals surface area contributed by atoms with E-state index in [1.807, 2.05) is 0 Å². The van der Waals surface area contributed by atoms with Gasteiger partial charge in [0.05, 0.1) is 11.7 Å². The number of hydrazine groups is 1. The molecule has 1 amide bonds. The van der Waals surface area contributed by atoms with Gasteiger partial charge in [0.2, 0.25) is 15.9 Å². The lowest BCUT2D eigenvalue weighted by Gasteiger charge is -2.15. The van der Waals surface area contributed by atoms with E-state index in [-0.39, 0.29) is 16.5 Å². The lowest BCUT2D eigenvalue weighted by atomic mass is 10.3. The van der Waals surface area contributed by atoms with Gasteiger partial charge in [-0.3, -0.25) is 10.6 Å². The maximum Gasteiger partial charge on any atom is 0.243 e. The Morgan fingerprint density at radius 3 is 2.58 bits per heavy atom. The molecule has 0 bridgehead atoms. The van der Waals surface area contributed by atoms with Crippen molar-refractivity contribution in [3.05, 3.63) is 24.3 Å². The highest BCUT2D eigenvalue weighted by atomic mass is 32.2. The highest BCUT2D eigenvalue weighted by Crippen LogP contribution is 2.19. The van der Waals surface area contributed by atoms with Crippen molar-refractivity contribution in [2.45, 2.75) is 24.8 Å². The summed E-state index contributed by atoms with van der Waals surface area (Å²) in [4.78, 5) is 11.5. The molecular formula is C11H18N4O3S. The van der Waals surface area contributed by atoms with Crippen molar-refractivity contribution in [3.63, 3.8) is 0 Å². The fraction of sp³-hybridized carbons (Fsp3) is 0.364. The molecule has 0 saturated heterocycles. The topological polar surface area (TPSA) is 113 Å². The van der Waals surface area contributed by atoms with Gasteiger partial charge in [0, 0.05) is 6.54 Å². The quantitative estimate of drug-likeness (QED) is 0.426. The molecule has 0 spiro atoms. The van der Waals surface area contributed by atoms with Gasteiger partial charge in [0.25, 0.3) is 0 Å². The average Bonchev–Trinajstić information content (AvgIpc) is 2.38. The first kappa shape index (κ1) is 15.4. The van der Waals surface area contributed by atoms with Crippen LogP contribution in [0.2, 0.25) is 0 Å². The van der Waals surface area contributed by atoms with Crippen LogP contribution in [0.25, 0.3) is 0 Å². The molecule has 1 unspecified atom stereocenters. The van der Waals surface area contributed by atoms with Gasteiger partial charge in [0.1, 0.15) is 4.90 Å². The predicted molar refractivity (Wildman–Crippen MR) is 72.7 cm³/mol. The second-order valence-electron chi connectivity index (χ2n) is 3.88. The Hall–Kier alpha value is -1.64. The second-order valence-corrected chi connectivity index (χ2v) is 5.56. The number of nitrogen functional groups attached to an aromatic ring is 1. The molecule has 0 aliphatic carbocycles. The van der Waals surface area contributed by atoms with E-state index in [0.717, 1.165) is 0 Å². The smallest absolute Gasteiger partial charge is 0.243 e. The van der Waals surface area contributed by atoms with E-state index >= 15 is 0 Å². The highest BCUT2D eigenvalue weighted by molar-refractivity contribution is 7.89. The first-order valence-electron chi connectivity index (χ1n) is 5.78. The molecule has 1 aromatic carbocycles. The van der Waals surface area contributed by atoms with E-state index in [1.54, 1.807) is 19.1 Å². The number of nitrogens with two attached hydrogens (primary N) is 1. The summed E-state index contributed by atoms with van der Waals surface area (Å²) in [6.45, 7) is 3.67. The van der Waals surface area contributed by atoms with Crippen LogP contribution in [0.4, 0.5) is 5.69 Å². The number of amides is 1. The minimum absolute atomic E-state index is 0.00588. The lowest BCUT2D eigenvalue weighted by Crippen LogP contribution is -2.44. The molecule has 1 aromatic rings. The number of carbonyl (C=O) groups is 1. The number of para-hydroxylation sites is 1. The van der Waals surface area contributed by atoms with E-state index in [4.69, 9.17) is 5.84 Å². The number of likely N-dealkylation sites (N-methyl/N-ethyl adjacent to an activating group) is 1. The summed E-state index contributed by atoms with van der Waals surface area (Å²) in [5, 5.41) is 2.54. The zero-order valence-corrected chi connectivity index (χ0v) is 11.6. The van der Waals surface area contributed by atoms with Crippen LogP contribution < -0.4 is 21.3 Å². The van der Waals surface area contributed by atoms with Gasteiger partial charge >= 0.3 is 0 Å². The van der Waals surface area contributed by atoms with E-state index in [0.29, 0.717) is 6.54 Å². The molecule has 106 valence electrons. The number of hydrogen-bond donors (Lipinski definition) is 4. The van der Waals surface area contributed by atoms with Gasteiger partial charge < -0.3 is 10.7 Å². The van der Waals surface area contributed by atoms with Crippen molar-refractivity contribution in [2.75, 3.05) is 12.0 Å². The van der Waals surface area contributed by atoms with Crippen LogP contribution in [0.1, 0.15) is 13.8 Å². The Labute approximate surface area is 112 Å². The summed E-state index contributed by atoms with van der Waals surface area (Å²) in [5.41, 5.74) is 2.57. The standard InChI is InChI=1S/C11H18N4O3S/c1-3-13-11(16)8(2)15-19(17,18)10-7-5-4-6-9(10)14-12/h4-8,14-15H,3,12H2,1-2H3,(H,13,16). The predicted octanol–water partition coefficient (Wildman–Crippen LogP) is -0.225. The zero-order valence-electron chi connectivity index (χ0n) is 10.8. The van der Waals surface area contributed by atoms with Crippen LogP contribution in [0.15, 0.2) is 29.2 Å². The largest absolute Gasteiger partial charge is 0.355 e. The molecule has 1 rings (SSSR count).